The highest BCUT2D eigenvalue weighted by molar-refractivity contribution is 5.82. The molecule has 1 atom stereocenters. The van der Waals surface area contributed by atoms with Crippen molar-refractivity contribution in [2.75, 3.05) is 7.11 Å². The first kappa shape index (κ1) is 13.4. The molecule has 14 heavy (non-hydrogen) atoms. The van der Waals surface area contributed by atoms with Crippen molar-refractivity contribution in [3.63, 3.8) is 0 Å². The lowest BCUT2D eigenvalue weighted by Crippen LogP contribution is -2.21. The molecule has 0 aliphatic heterocycles. The minimum Gasteiger partial charge on any atom is -0.374 e. The fraction of sp³-hybridized carbons (Fsp3) is 0.750. The number of carbonyl (C=O) groups is 1. The van der Waals surface area contributed by atoms with Gasteiger partial charge in [-0.2, -0.15) is 0 Å². The monoisotopic (exact) mass is 198 g/mol. The largest absolute Gasteiger partial charge is 0.374 e. The fourth-order valence-corrected chi connectivity index (χ4v) is 1.45. The zero-order chi connectivity index (χ0) is 10.8. The first-order valence-corrected chi connectivity index (χ1v) is 5.42. The Kier molecular flexibility index (Phi) is 8.54. The second-order valence-electron chi connectivity index (χ2n) is 3.49. The van der Waals surface area contributed by atoms with Gasteiger partial charge in [-0.15, -0.1) is 6.58 Å². The van der Waals surface area contributed by atoms with Crippen LogP contribution in [-0.4, -0.2) is 19.0 Å². The molecule has 0 rings (SSSR count). The third kappa shape index (κ3) is 5.92. The van der Waals surface area contributed by atoms with Crippen LogP contribution in [0.1, 0.15) is 45.4 Å². The van der Waals surface area contributed by atoms with Gasteiger partial charge in [-0.05, 0) is 25.7 Å². The van der Waals surface area contributed by atoms with Crippen LogP contribution < -0.4 is 0 Å². The molecular weight excluding hydrogens is 176 g/mol. The summed E-state index contributed by atoms with van der Waals surface area (Å²) in [6, 6.07) is 0. The number of hydrogen-bond donors (Lipinski definition) is 0. The van der Waals surface area contributed by atoms with Gasteiger partial charge in [0.2, 0.25) is 0 Å². The predicted octanol–water partition coefficient (Wildman–Crippen LogP) is 3.12. The highest BCUT2D eigenvalue weighted by Gasteiger charge is 2.13. The first-order valence-electron chi connectivity index (χ1n) is 5.42. The predicted molar refractivity (Wildman–Crippen MR) is 59.4 cm³/mol. The Morgan fingerprint density at radius 1 is 1.43 bits per heavy atom. The van der Waals surface area contributed by atoms with E-state index in [0.717, 1.165) is 32.1 Å². The highest BCUT2D eigenvalue weighted by atomic mass is 16.5. The van der Waals surface area contributed by atoms with Crippen LogP contribution in [0.25, 0.3) is 0 Å². The van der Waals surface area contributed by atoms with Crippen LogP contribution in [0.15, 0.2) is 12.7 Å². The fourth-order valence-electron chi connectivity index (χ4n) is 1.45. The lowest BCUT2D eigenvalue weighted by molar-refractivity contribution is -0.129. The van der Waals surface area contributed by atoms with Crippen molar-refractivity contribution in [1.29, 1.82) is 0 Å². The van der Waals surface area contributed by atoms with E-state index in [9.17, 15) is 4.79 Å². The van der Waals surface area contributed by atoms with Crippen LogP contribution in [0.3, 0.4) is 0 Å². The van der Waals surface area contributed by atoms with E-state index in [4.69, 9.17) is 4.74 Å². The number of hydrogen-bond acceptors (Lipinski definition) is 2. The summed E-state index contributed by atoms with van der Waals surface area (Å²) in [5, 5.41) is 0. The van der Waals surface area contributed by atoms with Gasteiger partial charge >= 0.3 is 0 Å². The third-order valence-corrected chi connectivity index (χ3v) is 2.35. The van der Waals surface area contributed by atoms with Gasteiger partial charge in [0.15, 0.2) is 5.78 Å². The lowest BCUT2D eigenvalue weighted by atomic mass is 10.1. The van der Waals surface area contributed by atoms with Crippen molar-refractivity contribution in [2.45, 2.75) is 51.6 Å². The molecule has 0 aromatic rings. The van der Waals surface area contributed by atoms with E-state index in [1.807, 2.05) is 13.0 Å². The van der Waals surface area contributed by atoms with Crippen molar-refractivity contribution in [1.82, 2.24) is 0 Å². The second kappa shape index (κ2) is 8.95. The van der Waals surface area contributed by atoms with E-state index in [2.05, 4.69) is 6.58 Å². The topological polar surface area (TPSA) is 26.3 Å². The maximum Gasteiger partial charge on any atom is 0.161 e. The van der Waals surface area contributed by atoms with E-state index in [-0.39, 0.29) is 11.9 Å². The molecule has 0 saturated heterocycles. The summed E-state index contributed by atoms with van der Waals surface area (Å²) < 4.78 is 5.07. The SMILES string of the molecule is C=CCCCCCC(=O)C(CC)OC. The number of unbranched alkanes of at least 4 members (excludes halogenated alkanes) is 3. The Hall–Kier alpha value is -0.630. The zero-order valence-electron chi connectivity index (χ0n) is 9.42. The molecule has 0 radical (unpaired) electrons. The normalized spacial score (nSPS) is 12.4. The smallest absolute Gasteiger partial charge is 0.161 e. The molecule has 1 unspecified atom stereocenters. The molecule has 0 fully saturated rings. The summed E-state index contributed by atoms with van der Waals surface area (Å²) in [6.45, 7) is 5.64. The summed E-state index contributed by atoms with van der Waals surface area (Å²) >= 11 is 0. The van der Waals surface area contributed by atoms with E-state index < -0.39 is 0 Å². The summed E-state index contributed by atoms with van der Waals surface area (Å²) in [7, 11) is 1.60. The second-order valence-corrected chi connectivity index (χ2v) is 3.49. The molecule has 0 aromatic heterocycles. The molecule has 0 spiro atoms. The number of carbonyl (C=O) groups excluding carboxylic acids is 1. The van der Waals surface area contributed by atoms with Gasteiger partial charge in [-0.25, -0.2) is 0 Å². The van der Waals surface area contributed by atoms with Gasteiger partial charge in [0, 0.05) is 13.5 Å². The molecular formula is C12H22O2. The van der Waals surface area contributed by atoms with Crippen molar-refractivity contribution < 1.29 is 9.53 Å². The maximum atomic E-state index is 11.5. The summed E-state index contributed by atoms with van der Waals surface area (Å²) in [4.78, 5) is 11.5. The van der Waals surface area contributed by atoms with E-state index in [1.54, 1.807) is 7.11 Å². The minimum absolute atomic E-state index is 0.186. The van der Waals surface area contributed by atoms with Crippen LogP contribution in [0, 0.1) is 0 Å². The first-order chi connectivity index (χ1) is 6.76. The third-order valence-electron chi connectivity index (χ3n) is 2.35. The molecule has 0 aliphatic rings. The summed E-state index contributed by atoms with van der Waals surface area (Å²) in [5.41, 5.74) is 0. The van der Waals surface area contributed by atoms with Crippen molar-refractivity contribution in [3.8, 4) is 0 Å². The van der Waals surface area contributed by atoms with Gasteiger partial charge in [0.25, 0.3) is 0 Å². The van der Waals surface area contributed by atoms with Crippen molar-refractivity contribution in [2.24, 2.45) is 0 Å². The van der Waals surface area contributed by atoms with E-state index in [0.29, 0.717) is 6.42 Å². The van der Waals surface area contributed by atoms with Crippen LogP contribution in [0.5, 0.6) is 0 Å². The average molecular weight is 198 g/mol. The number of allylic oxidation sites excluding steroid dienone is 1. The minimum atomic E-state index is -0.186. The quantitative estimate of drug-likeness (QED) is 0.420. The number of Topliss-reactive ketones (excluding diaryl/α,β-unsaturated/α-hetero) is 1. The number of methoxy groups -OCH3 is 1. The Labute approximate surface area is 87.3 Å². The molecule has 2 heteroatoms. The number of rotatable bonds is 9. The van der Waals surface area contributed by atoms with Gasteiger partial charge in [0.1, 0.15) is 6.10 Å². The number of ketones is 1. The average Bonchev–Trinajstić information content (AvgIpc) is 2.19. The van der Waals surface area contributed by atoms with Crippen LogP contribution in [0.4, 0.5) is 0 Å². The highest BCUT2D eigenvalue weighted by Crippen LogP contribution is 2.08. The summed E-state index contributed by atoms with van der Waals surface area (Å²) in [6.07, 6.45) is 7.45. The Morgan fingerprint density at radius 3 is 2.64 bits per heavy atom. The van der Waals surface area contributed by atoms with Crippen molar-refractivity contribution >= 4 is 5.78 Å². The molecule has 0 N–H and O–H groups in total. The molecule has 0 saturated carbocycles. The number of ether oxygens (including phenoxy) is 1. The van der Waals surface area contributed by atoms with E-state index >= 15 is 0 Å². The lowest BCUT2D eigenvalue weighted by Gasteiger charge is -2.10. The van der Waals surface area contributed by atoms with Gasteiger partial charge in [-0.3, -0.25) is 4.79 Å². The zero-order valence-corrected chi connectivity index (χ0v) is 9.42. The van der Waals surface area contributed by atoms with Crippen LogP contribution in [-0.2, 0) is 9.53 Å². The Balaban J connectivity index is 3.47. The standard InChI is InChI=1S/C12H22O2/c1-4-6-7-8-9-10-11(13)12(5-2)14-3/h4,12H,1,5-10H2,2-3H3. The molecule has 0 heterocycles. The van der Waals surface area contributed by atoms with Crippen LogP contribution >= 0.6 is 0 Å². The molecule has 0 amide bonds. The van der Waals surface area contributed by atoms with Gasteiger partial charge in [0.05, 0.1) is 0 Å². The molecule has 0 aliphatic carbocycles. The Morgan fingerprint density at radius 2 is 2.14 bits per heavy atom. The van der Waals surface area contributed by atoms with Gasteiger partial charge < -0.3 is 4.74 Å². The van der Waals surface area contributed by atoms with E-state index in [1.165, 1.54) is 0 Å². The molecule has 0 bridgehead atoms. The van der Waals surface area contributed by atoms with Crippen molar-refractivity contribution in [3.05, 3.63) is 12.7 Å². The Bertz CT molecular complexity index is 160. The summed E-state index contributed by atoms with van der Waals surface area (Å²) in [5.74, 6) is 0.244. The molecule has 2 nitrogen and oxygen atoms in total. The van der Waals surface area contributed by atoms with Crippen LogP contribution in [0.2, 0.25) is 0 Å². The van der Waals surface area contributed by atoms with Gasteiger partial charge in [-0.1, -0.05) is 19.4 Å². The maximum absolute atomic E-state index is 11.5. The molecule has 0 aromatic carbocycles. The molecule has 82 valence electrons.